The van der Waals surface area contributed by atoms with Crippen molar-refractivity contribution in [3.8, 4) is 11.3 Å². The van der Waals surface area contributed by atoms with Gasteiger partial charge in [0.25, 0.3) is 0 Å². The quantitative estimate of drug-likeness (QED) is 0.854. The molecule has 0 bridgehead atoms. The highest BCUT2D eigenvalue weighted by Crippen LogP contribution is 2.27. The molecule has 4 nitrogen and oxygen atoms in total. The highest BCUT2D eigenvalue weighted by Gasteiger charge is 2.34. The van der Waals surface area contributed by atoms with Gasteiger partial charge in [-0.3, -0.25) is 4.98 Å². The molecular formula is C11H8F4N4. The van der Waals surface area contributed by atoms with E-state index in [0.29, 0.717) is 0 Å². The Morgan fingerprint density at radius 1 is 1.05 bits per heavy atom. The lowest BCUT2D eigenvalue weighted by Gasteiger charge is -2.07. The third-order valence-electron chi connectivity index (χ3n) is 2.33. The van der Waals surface area contributed by atoms with Crippen molar-refractivity contribution in [2.24, 2.45) is 0 Å². The molecule has 0 atom stereocenters. The average molecular weight is 272 g/mol. The van der Waals surface area contributed by atoms with E-state index in [1.165, 1.54) is 13.1 Å². The smallest absolute Gasteiger partial charge is 0.386 e. The first-order valence-corrected chi connectivity index (χ1v) is 5.14. The Morgan fingerprint density at radius 3 is 2.21 bits per heavy atom. The van der Waals surface area contributed by atoms with Gasteiger partial charge in [0, 0.05) is 25.0 Å². The Kier molecular flexibility index (Phi) is 3.32. The first-order chi connectivity index (χ1) is 8.91. The number of hydrogen-bond donors (Lipinski definition) is 1. The number of nitrogens with zero attached hydrogens (tertiary/aromatic N) is 3. The maximum absolute atomic E-state index is 13.2. The third kappa shape index (κ3) is 2.78. The SMILES string of the molecule is CNc1cc(-c2cnc(C(F)(F)F)nc2)ncc1F. The van der Waals surface area contributed by atoms with Gasteiger partial charge in [0.1, 0.15) is 0 Å². The van der Waals surface area contributed by atoms with Crippen LogP contribution in [0.5, 0.6) is 0 Å². The highest BCUT2D eigenvalue weighted by atomic mass is 19.4. The molecule has 0 saturated carbocycles. The summed E-state index contributed by atoms with van der Waals surface area (Å²) in [7, 11) is 1.52. The minimum atomic E-state index is -4.59. The van der Waals surface area contributed by atoms with Gasteiger partial charge < -0.3 is 5.32 Å². The molecule has 0 unspecified atom stereocenters. The topological polar surface area (TPSA) is 50.7 Å². The number of anilines is 1. The van der Waals surface area contributed by atoms with E-state index in [2.05, 4.69) is 20.3 Å². The fourth-order valence-corrected chi connectivity index (χ4v) is 1.39. The van der Waals surface area contributed by atoms with Crippen molar-refractivity contribution in [3.05, 3.63) is 36.3 Å². The van der Waals surface area contributed by atoms with Gasteiger partial charge in [0.2, 0.25) is 5.82 Å². The number of halogens is 4. The molecule has 100 valence electrons. The Bertz CT molecular complexity index is 580. The molecule has 0 saturated heterocycles. The van der Waals surface area contributed by atoms with E-state index in [4.69, 9.17) is 0 Å². The number of alkyl halides is 3. The molecule has 2 aromatic heterocycles. The Morgan fingerprint density at radius 2 is 1.68 bits per heavy atom. The van der Waals surface area contributed by atoms with Gasteiger partial charge >= 0.3 is 6.18 Å². The summed E-state index contributed by atoms with van der Waals surface area (Å²) in [6, 6.07) is 1.36. The van der Waals surface area contributed by atoms with Crippen molar-refractivity contribution in [2.45, 2.75) is 6.18 Å². The second-order valence-electron chi connectivity index (χ2n) is 3.59. The first kappa shape index (κ1) is 13.2. The van der Waals surface area contributed by atoms with Gasteiger partial charge in [0.15, 0.2) is 5.82 Å². The molecule has 1 N–H and O–H groups in total. The molecule has 0 aliphatic rings. The zero-order chi connectivity index (χ0) is 14.0. The van der Waals surface area contributed by atoms with Gasteiger partial charge in [-0.1, -0.05) is 0 Å². The van der Waals surface area contributed by atoms with Gasteiger partial charge in [0.05, 0.1) is 17.6 Å². The predicted molar refractivity (Wildman–Crippen MR) is 59.8 cm³/mol. The zero-order valence-electron chi connectivity index (χ0n) is 9.66. The monoisotopic (exact) mass is 272 g/mol. The number of pyridine rings is 1. The number of hydrogen-bond acceptors (Lipinski definition) is 4. The third-order valence-corrected chi connectivity index (χ3v) is 2.33. The number of nitrogens with one attached hydrogen (secondary N) is 1. The summed E-state index contributed by atoms with van der Waals surface area (Å²) in [4.78, 5) is 10.2. The molecule has 19 heavy (non-hydrogen) atoms. The summed E-state index contributed by atoms with van der Waals surface area (Å²) >= 11 is 0. The summed E-state index contributed by atoms with van der Waals surface area (Å²) in [5.41, 5.74) is 0.730. The molecule has 2 heterocycles. The van der Waals surface area contributed by atoms with E-state index in [0.717, 1.165) is 18.6 Å². The second kappa shape index (κ2) is 4.79. The maximum atomic E-state index is 13.2. The zero-order valence-corrected chi connectivity index (χ0v) is 9.66. The van der Waals surface area contributed by atoms with Crippen LogP contribution < -0.4 is 5.32 Å². The van der Waals surface area contributed by atoms with Crippen molar-refractivity contribution in [2.75, 3.05) is 12.4 Å². The molecule has 0 radical (unpaired) electrons. The number of rotatable bonds is 2. The van der Waals surface area contributed by atoms with Gasteiger partial charge in [-0.15, -0.1) is 0 Å². The van der Waals surface area contributed by atoms with Crippen LogP contribution in [-0.4, -0.2) is 22.0 Å². The molecule has 0 aliphatic carbocycles. The summed E-state index contributed by atoms with van der Waals surface area (Å²) in [6.07, 6.45) is -1.63. The lowest BCUT2D eigenvalue weighted by atomic mass is 10.2. The van der Waals surface area contributed by atoms with E-state index >= 15 is 0 Å². The van der Waals surface area contributed by atoms with Crippen LogP contribution in [0.3, 0.4) is 0 Å². The van der Waals surface area contributed by atoms with Crippen LogP contribution in [0.4, 0.5) is 23.2 Å². The standard InChI is InChI=1S/C11H8F4N4/c1-16-9-2-8(17-5-7(9)12)6-3-18-10(19-4-6)11(13,14)15/h2-5H,1H3,(H,16,17). The summed E-state index contributed by atoms with van der Waals surface area (Å²) < 4.78 is 50.1. The minimum Gasteiger partial charge on any atom is -0.386 e. The predicted octanol–water partition coefficient (Wildman–Crippen LogP) is 2.74. The molecule has 2 aromatic rings. The van der Waals surface area contributed by atoms with Crippen LogP contribution in [0.25, 0.3) is 11.3 Å². The van der Waals surface area contributed by atoms with Crippen LogP contribution in [0.2, 0.25) is 0 Å². The molecule has 2 rings (SSSR count). The van der Waals surface area contributed by atoms with Crippen molar-refractivity contribution < 1.29 is 17.6 Å². The summed E-state index contributed by atoms with van der Waals surface area (Å²) in [5.74, 6) is -1.79. The van der Waals surface area contributed by atoms with E-state index in [1.54, 1.807) is 0 Å². The van der Waals surface area contributed by atoms with Crippen molar-refractivity contribution in [1.29, 1.82) is 0 Å². The molecule has 0 spiro atoms. The Balaban J connectivity index is 2.37. The average Bonchev–Trinajstić information content (AvgIpc) is 2.38. The van der Waals surface area contributed by atoms with Crippen LogP contribution in [0.15, 0.2) is 24.7 Å². The maximum Gasteiger partial charge on any atom is 0.451 e. The lowest BCUT2D eigenvalue weighted by Crippen LogP contribution is -2.10. The van der Waals surface area contributed by atoms with Crippen LogP contribution in [0, 0.1) is 5.82 Å². The van der Waals surface area contributed by atoms with Gasteiger partial charge in [-0.25, -0.2) is 14.4 Å². The Hall–Kier alpha value is -2.25. The van der Waals surface area contributed by atoms with Gasteiger partial charge in [-0.2, -0.15) is 13.2 Å². The summed E-state index contributed by atoms with van der Waals surface area (Å²) in [6.45, 7) is 0. The molecular weight excluding hydrogens is 264 g/mol. The van der Waals surface area contributed by atoms with E-state index in [9.17, 15) is 17.6 Å². The van der Waals surface area contributed by atoms with E-state index in [1.807, 2.05) is 0 Å². The lowest BCUT2D eigenvalue weighted by molar-refractivity contribution is -0.144. The molecule has 0 amide bonds. The Labute approximate surface area is 105 Å². The molecule has 0 fully saturated rings. The molecule has 0 aromatic carbocycles. The largest absolute Gasteiger partial charge is 0.451 e. The fourth-order valence-electron chi connectivity index (χ4n) is 1.39. The van der Waals surface area contributed by atoms with Crippen molar-refractivity contribution in [1.82, 2.24) is 15.0 Å². The highest BCUT2D eigenvalue weighted by molar-refractivity contribution is 5.62. The first-order valence-electron chi connectivity index (χ1n) is 5.14. The molecule has 8 heteroatoms. The van der Waals surface area contributed by atoms with Crippen LogP contribution in [-0.2, 0) is 6.18 Å². The van der Waals surface area contributed by atoms with Crippen LogP contribution >= 0.6 is 0 Å². The second-order valence-corrected chi connectivity index (χ2v) is 3.59. The minimum absolute atomic E-state index is 0.185. The normalized spacial score (nSPS) is 11.4. The fraction of sp³-hybridized carbons (Fsp3) is 0.182. The molecule has 0 aliphatic heterocycles. The summed E-state index contributed by atoms with van der Waals surface area (Å²) in [5, 5.41) is 2.61. The van der Waals surface area contributed by atoms with E-state index in [-0.39, 0.29) is 16.9 Å². The van der Waals surface area contributed by atoms with Crippen molar-refractivity contribution in [3.63, 3.8) is 0 Å². The van der Waals surface area contributed by atoms with Crippen molar-refractivity contribution >= 4 is 5.69 Å². The van der Waals surface area contributed by atoms with Gasteiger partial charge in [-0.05, 0) is 6.07 Å². The van der Waals surface area contributed by atoms with Crippen LogP contribution in [0.1, 0.15) is 5.82 Å². The number of aromatic nitrogens is 3. The van der Waals surface area contributed by atoms with E-state index < -0.39 is 17.8 Å².